The van der Waals surface area contributed by atoms with Gasteiger partial charge < -0.3 is 48.6 Å². The molecule has 0 aromatic carbocycles. The van der Waals surface area contributed by atoms with E-state index in [0.717, 1.165) is 16.4 Å². The number of thioether (sulfide) groups is 1. The maximum atomic E-state index is 13.3. The summed E-state index contributed by atoms with van der Waals surface area (Å²) in [5, 5.41) is 27.5. The molecule has 4 rings (SSSR count). The Labute approximate surface area is 268 Å². The molecule has 20 nitrogen and oxygen atoms in total. The lowest BCUT2D eigenvalue weighted by Crippen LogP contribution is -2.71. The normalized spacial score (nSPS) is 18.3. The Morgan fingerprint density at radius 3 is 2.48 bits per heavy atom. The van der Waals surface area contributed by atoms with Crippen LogP contribution in [0.25, 0.3) is 0 Å². The molecule has 1 fully saturated rings. The number of nitrogens with two attached hydrogens (primary N) is 4. The fraction of sp³-hybridized carbons (Fsp3) is 0.458. The molecule has 3 amide bonds. The van der Waals surface area contributed by atoms with E-state index in [0.29, 0.717) is 5.57 Å². The van der Waals surface area contributed by atoms with Crippen molar-refractivity contribution in [2.75, 3.05) is 35.6 Å². The van der Waals surface area contributed by atoms with Crippen LogP contribution < -0.4 is 38.3 Å². The number of rotatable bonds is 13. The summed E-state index contributed by atoms with van der Waals surface area (Å²) in [7, 11) is 1.61. The van der Waals surface area contributed by atoms with Gasteiger partial charge in [0.2, 0.25) is 29.2 Å². The first-order valence-corrected chi connectivity index (χ1v) is 15.3. The first-order valence-electron chi connectivity index (χ1n) is 13.5. The molecule has 12 N–H and O–H groups in total. The van der Waals surface area contributed by atoms with Crippen molar-refractivity contribution in [3.63, 3.8) is 0 Å². The fourth-order valence-electron chi connectivity index (χ4n) is 4.33. The minimum Gasteiger partial charge on any atom is -0.478 e. The van der Waals surface area contributed by atoms with Gasteiger partial charge >= 0.3 is 11.9 Å². The molecule has 0 aliphatic carbocycles. The molecule has 0 radical (unpaired) electrons. The lowest BCUT2D eigenvalue weighted by atomic mass is 10.0. The van der Waals surface area contributed by atoms with E-state index in [1.165, 1.54) is 36.5 Å². The lowest BCUT2D eigenvalue weighted by molar-refractivity contribution is -0.765. The van der Waals surface area contributed by atoms with Crippen molar-refractivity contribution in [2.24, 2.45) is 29.6 Å². The average molecular weight is 682 g/mol. The molecule has 0 spiro atoms. The number of carboxylic acids is 2. The summed E-state index contributed by atoms with van der Waals surface area (Å²) in [6.45, 7) is 2.49. The zero-order valence-corrected chi connectivity index (χ0v) is 26.4. The van der Waals surface area contributed by atoms with Crippen LogP contribution in [0.4, 0.5) is 16.6 Å². The maximum absolute atomic E-state index is 13.3. The van der Waals surface area contributed by atoms with E-state index in [9.17, 15) is 34.2 Å². The summed E-state index contributed by atoms with van der Waals surface area (Å²) in [5.41, 5.74) is 21.0. The highest BCUT2D eigenvalue weighted by molar-refractivity contribution is 8.00. The monoisotopic (exact) mass is 681 g/mol. The van der Waals surface area contributed by atoms with Crippen LogP contribution in [0, 0.1) is 5.92 Å². The Balaban J connectivity index is 1.55. The van der Waals surface area contributed by atoms with Gasteiger partial charge in [0.05, 0.1) is 13.0 Å². The summed E-state index contributed by atoms with van der Waals surface area (Å²) in [6, 6.07) is -1.17. The summed E-state index contributed by atoms with van der Waals surface area (Å²) < 4.78 is 7.00. The number of carboxylic acid groups (broad SMARTS) is 2. The van der Waals surface area contributed by atoms with E-state index < -0.39 is 58.3 Å². The highest BCUT2D eigenvalue weighted by atomic mass is 32.2. The van der Waals surface area contributed by atoms with Crippen molar-refractivity contribution in [1.82, 2.24) is 24.3 Å². The van der Waals surface area contributed by atoms with E-state index >= 15 is 0 Å². The molecule has 2 atom stereocenters. The quantitative estimate of drug-likeness (QED) is 0.0447. The number of nitrogens with zero attached hydrogens (tertiary/aromatic N) is 6. The van der Waals surface area contributed by atoms with Gasteiger partial charge in [0, 0.05) is 35.9 Å². The van der Waals surface area contributed by atoms with Crippen LogP contribution in [0.3, 0.4) is 0 Å². The summed E-state index contributed by atoms with van der Waals surface area (Å²) in [4.78, 5) is 72.9. The number of fused-ring (bicyclic) bond motifs is 1. The number of aliphatic carboxylic acids is 2. The number of carbonyl (C=O) groups is 5. The van der Waals surface area contributed by atoms with Gasteiger partial charge in [0.1, 0.15) is 17.1 Å². The van der Waals surface area contributed by atoms with Crippen molar-refractivity contribution in [3.8, 4) is 0 Å². The van der Waals surface area contributed by atoms with Crippen LogP contribution >= 0.6 is 23.3 Å². The number of aromatic nitrogens is 4. The Hall–Kier alpha value is -4.80. The second-order valence-corrected chi connectivity index (χ2v) is 12.5. The van der Waals surface area contributed by atoms with Crippen LogP contribution in [0.2, 0.25) is 0 Å². The van der Waals surface area contributed by atoms with Crippen LogP contribution in [0.15, 0.2) is 22.6 Å². The van der Waals surface area contributed by atoms with E-state index in [4.69, 9.17) is 27.8 Å². The minimum atomic E-state index is -1.82. The molecule has 0 bridgehead atoms. The average Bonchev–Trinajstić information content (AvgIpc) is 3.54. The first kappa shape index (κ1) is 34.1. The van der Waals surface area contributed by atoms with Crippen molar-refractivity contribution in [3.05, 3.63) is 23.3 Å². The summed E-state index contributed by atoms with van der Waals surface area (Å²) >= 11 is 1.96. The lowest BCUT2D eigenvalue weighted by Gasteiger charge is -2.49. The maximum Gasteiger partial charge on any atom is 0.352 e. The number of β-lactam (4-membered cyclic amide) rings is 1. The van der Waals surface area contributed by atoms with Crippen LogP contribution in [-0.4, -0.2) is 100 Å². The molecule has 0 unspecified atom stereocenters. The van der Waals surface area contributed by atoms with Gasteiger partial charge in [0.25, 0.3) is 11.8 Å². The Morgan fingerprint density at radius 1 is 1.24 bits per heavy atom. The fourth-order valence-corrected chi connectivity index (χ4v) is 6.10. The number of hydrogen-bond acceptors (Lipinski definition) is 15. The highest BCUT2D eigenvalue weighted by Crippen LogP contribution is 2.40. The first-order chi connectivity index (χ1) is 21.6. The van der Waals surface area contributed by atoms with Crippen molar-refractivity contribution in [2.45, 2.75) is 37.4 Å². The molecule has 2 aliphatic rings. The molecule has 1 saturated heterocycles. The third-order valence-electron chi connectivity index (χ3n) is 7.12. The molecule has 22 heteroatoms. The number of hydrogen-bond donors (Lipinski definition) is 8. The van der Waals surface area contributed by atoms with Gasteiger partial charge in [-0.2, -0.15) is 9.36 Å². The molecule has 2 aliphatic heterocycles. The zero-order valence-electron chi connectivity index (χ0n) is 24.8. The van der Waals surface area contributed by atoms with E-state index in [1.54, 1.807) is 11.7 Å². The zero-order chi connectivity index (χ0) is 34.1. The van der Waals surface area contributed by atoms with Crippen molar-refractivity contribution < 1.29 is 43.7 Å². The number of carbonyl (C=O) groups excluding carboxylic acids is 3. The highest BCUT2D eigenvalue weighted by Gasteiger charge is 2.55. The van der Waals surface area contributed by atoms with E-state index in [-0.39, 0.29) is 53.5 Å². The smallest absolute Gasteiger partial charge is 0.352 e. The molecular weight excluding hydrogens is 648 g/mol. The summed E-state index contributed by atoms with van der Waals surface area (Å²) in [6.07, 6.45) is 1.52. The SMILES string of the molecule is Cn1c(N)c(NC(=O)C(CN)CN)c[n+]1CC1=C(C(=O)O)N2C(=O)[C@@H](NC(=O)/C(=N\OC(C)(C)C(=O)O)c3nsc(N)n3)[C@H]2SC1. The van der Waals surface area contributed by atoms with Crippen molar-refractivity contribution >= 4 is 75.3 Å². The van der Waals surface area contributed by atoms with Gasteiger partial charge in [-0.15, -0.1) is 21.1 Å². The Morgan fingerprint density at radius 2 is 1.91 bits per heavy atom. The number of oxime groups is 1. The van der Waals surface area contributed by atoms with Crippen LogP contribution in [-0.2, 0) is 42.4 Å². The molecule has 0 saturated carbocycles. The number of nitrogens with one attached hydrogen (secondary N) is 2. The molecule has 2 aromatic heterocycles. The van der Waals surface area contributed by atoms with Gasteiger partial charge in [0.15, 0.2) is 23.2 Å². The largest absolute Gasteiger partial charge is 0.478 e. The number of amides is 3. The van der Waals surface area contributed by atoms with Crippen LogP contribution in [0.1, 0.15) is 19.7 Å². The van der Waals surface area contributed by atoms with Gasteiger partial charge in [-0.05, 0) is 13.8 Å². The Bertz CT molecular complexity index is 1650. The van der Waals surface area contributed by atoms with Gasteiger partial charge in [-0.1, -0.05) is 5.16 Å². The Kier molecular flexibility index (Phi) is 9.84. The predicted octanol–water partition coefficient (Wildman–Crippen LogP) is -3.18. The molecule has 248 valence electrons. The van der Waals surface area contributed by atoms with Gasteiger partial charge in [-0.25, -0.2) is 9.59 Å². The second kappa shape index (κ2) is 13.3. The molecule has 46 heavy (non-hydrogen) atoms. The molecule has 2 aromatic rings. The third kappa shape index (κ3) is 6.59. The van der Waals surface area contributed by atoms with Crippen LogP contribution in [0.5, 0.6) is 0 Å². The van der Waals surface area contributed by atoms with Gasteiger partial charge in [-0.3, -0.25) is 19.3 Å². The van der Waals surface area contributed by atoms with E-state index in [2.05, 4.69) is 25.1 Å². The third-order valence-corrected chi connectivity index (χ3v) is 9.01. The number of anilines is 3. The minimum absolute atomic E-state index is 0.000358. The topological polar surface area (TPSA) is 313 Å². The molecule has 4 heterocycles. The van der Waals surface area contributed by atoms with E-state index in [1.807, 2.05) is 0 Å². The standard InChI is InChI=1S/C24H32N12O8S2/c1-24(2,22(42)43)44-32-12(16-31-23(28)46-33-16)18(38)30-13-19(39)36-14(21(40)41)10(8-45-20(13)36)6-35-7-11(15(27)34(35)3)29-17(37)9(4-25)5-26/h7,9,13,20,27H,4-6,8,25-26H2,1-3H3,(H6,28,29,30,31,33,37,38,40,41,42,43)/p+1/b32-12-/t13-,20-/m1/s1. The second-order valence-electron chi connectivity index (χ2n) is 10.6. The summed E-state index contributed by atoms with van der Waals surface area (Å²) in [5.74, 6) is -5.38. The number of nitrogen functional groups attached to an aromatic ring is 2. The predicted molar refractivity (Wildman–Crippen MR) is 164 cm³/mol. The van der Waals surface area contributed by atoms with Crippen molar-refractivity contribution in [1.29, 1.82) is 0 Å². The molecular formula is C24H33N12O8S2+.